The van der Waals surface area contributed by atoms with Crippen molar-refractivity contribution in [2.45, 2.75) is 69.1 Å². The Morgan fingerprint density at radius 2 is 2.10 bits per heavy atom. The lowest BCUT2D eigenvalue weighted by atomic mass is 10.2. The minimum atomic E-state index is -0.0765. The van der Waals surface area contributed by atoms with Crippen LogP contribution in [0.4, 0.5) is 10.5 Å². The van der Waals surface area contributed by atoms with Crippen LogP contribution in [0, 0.1) is 6.92 Å². The molecule has 4 heteroatoms. The van der Waals surface area contributed by atoms with Crippen molar-refractivity contribution in [2.75, 3.05) is 5.32 Å². The summed E-state index contributed by atoms with van der Waals surface area (Å²) >= 11 is 1.88. The van der Waals surface area contributed by atoms with E-state index in [9.17, 15) is 4.79 Å². The Morgan fingerprint density at radius 3 is 2.71 bits per heavy atom. The standard InChI is InChI=1S/C17H26N2OS/c1-4-13(3)21-15-9-10-16(12(2)11-15)19-17(20)18-14-7-5-6-8-14/h9-11,13-14H,4-8H2,1-3H3,(H2,18,19,20). The molecule has 116 valence electrons. The molecule has 2 N–H and O–H groups in total. The predicted octanol–water partition coefficient (Wildman–Crippen LogP) is 4.95. The number of urea groups is 1. The van der Waals surface area contributed by atoms with Crippen LogP contribution >= 0.6 is 11.8 Å². The number of thioether (sulfide) groups is 1. The maximum absolute atomic E-state index is 12.0. The zero-order chi connectivity index (χ0) is 15.2. The van der Waals surface area contributed by atoms with Crippen molar-refractivity contribution in [1.82, 2.24) is 5.32 Å². The number of hydrogen-bond donors (Lipinski definition) is 2. The van der Waals surface area contributed by atoms with Gasteiger partial charge in [-0.2, -0.15) is 0 Å². The second kappa shape index (κ2) is 7.74. The number of carbonyl (C=O) groups excluding carboxylic acids is 1. The zero-order valence-corrected chi connectivity index (χ0v) is 14.1. The third-order valence-electron chi connectivity index (χ3n) is 4.05. The second-order valence-electron chi connectivity index (χ2n) is 5.89. The second-order valence-corrected chi connectivity index (χ2v) is 7.41. The van der Waals surface area contributed by atoms with Crippen molar-refractivity contribution in [3.05, 3.63) is 23.8 Å². The van der Waals surface area contributed by atoms with Crippen LogP contribution < -0.4 is 10.6 Å². The van der Waals surface area contributed by atoms with Crippen molar-refractivity contribution < 1.29 is 4.79 Å². The first-order valence-corrected chi connectivity index (χ1v) is 8.81. The van der Waals surface area contributed by atoms with Gasteiger partial charge in [-0.05, 0) is 49.9 Å². The fourth-order valence-electron chi connectivity index (χ4n) is 2.58. The summed E-state index contributed by atoms with van der Waals surface area (Å²) < 4.78 is 0. The summed E-state index contributed by atoms with van der Waals surface area (Å²) in [6.07, 6.45) is 5.83. The van der Waals surface area contributed by atoms with Gasteiger partial charge in [-0.1, -0.05) is 26.7 Å². The number of rotatable bonds is 5. The molecule has 0 spiro atoms. The van der Waals surface area contributed by atoms with E-state index in [1.807, 2.05) is 24.8 Å². The van der Waals surface area contributed by atoms with E-state index in [1.165, 1.54) is 17.7 Å². The highest BCUT2D eigenvalue weighted by Gasteiger charge is 2.17. The van der Waals surface area contributed by atoms with E-state index in [4.69, 9.17) is 0 Å². The highest BCUT2D eigenvalue weighted by molar-refractivity contribution is 7.99. The fraction of sp³-hybridized carbons (Fsp3) is 0.588. The highest BCUT2D eigenvalue weighted by Crippen LogP contribution is 2.28. The van der Waals surface area contributed by atoms with Crippen LogP contribution in [0.1, 0.15) is 51.5 Å². The van der Waals surface area contributed by atoms with Crippen molar-refractivity contribution in [1.29, 1.82) is 0 Å². The van der Waals surface area contributed by atoms with Gasteiger partial charge >= 0.3 is 6.03 Å². The molecule has 0 radical (unpaired) electrons. The van der Waals surface area contributed by atoms with Crippen LogP contribution in [-0.4, -0.2) is 17.3 Å². The third-order valence-corrected chi connectivity index (χ3v) is 5.31. The van der Waals surface area contributed by atoms with Gasteiger partial charge in [-0.3, -0.25) is 0 Å². The molecule has 0 bridgehead atoms. The van der Waals surface area contributed by atoms with Gasteiger partial charge in [0.1, 0.15) is 0 Å². The summed E-state index contributed by atoms with van der Waals surface area (Å²) in [6.45, 7) is 6.49. The molecule has 0 aromatic heterocycles. The zero-order valence-electron chi connectivity index (χ0n) is 13.2. The van der Waals surface area contributed by atoms with E-state index in [1.54, 1.807) is 0 Å². The van der Waals surface area contributed by atoms with Gasteiger partial charge in [0.25, 0.3) is 0 Å². The van der Waals surface area contributed by atoms with Crippen molar-refractivity contribution in [3.8, 4) is 0 Å². The summed E-state index contributed by atoms with van der Waals surface area (Å²) in [7, 11) is 0. The fourth-order valence-corrected chi connectivity index (χ4v) is 3.60. The van der Waals surface area contributed by atoms with E-state index in [0.717, 1.165) is 30.5 Å². The summed E-state index contributed by atoms with van der Waals surface area (Å²) in [5.41, 5.74) is 2.02. The average Bonchev–Trinajstić information content (AvgIpc) is 2.94. The van der Waals surface area contributed by atoms with Crippen LogP contribution in [0.15, 0.2) is 23.1 Å². The molecular weight excluding hydrogens is 280 g/mol. The number of benzene rings is 1. The molecular formula is C17H26N2OS. The van der Waals surface area contributed by atoms with E-state index in [-0.39, 0.29) is 6.03 Å². The van der Waals surface area contributed by atoms with Crippen molar-refractivity contribution in [3.63, 3.8) is 0 Å². The van der Waals surface area contributed by atoms with Gasteiger partial charge in [0, 0.05) is 21.9 Å². The van der Waals surface area contributed by atoms with Crippen LogP contribution in [0.5, 0.6) is 0 Å². The van der Waals surface area contributed by atoms with Crippen LogP contribution in [0.25, 0.3) is 0 Å². The molecule has 0 aliphatic heterocycles. The number of hydrogen-bond acceptors (Lipinski definition) is 2. The largest absolute Gasteiger partial charge is 0.335 e. The Bertz CT molecular complexity index is 484. The molecule has 21 heavy (non-hydrogen) atoms. The normalized spacial score (nSPS) is 16.7. The minimum Gasteiger partial charge on any atom is -0.335 e. The summed E-state index contributed by atoms with van der Waals surface area (Å²) in [5.74, 6) is 0. The SMILES string of the molecule is CCC(C)Sc1ccc(NC(=O)NC2CCCC2)c(C)c1. The first-order valence-electron chi connectivity index (χ1n) is 7.93. The molecule has 1 aliphatic rings. The molecule has 1 atom stereocenters. The van der Waals surface area contributed by atoms with E-state index in [0.29, 0.717) is 11.3 Å². The highest BCUT2D eigenvalue weighted by atomic mass is 32.2. The molecule has 0 saturated heterocycles. The van der Waals surface area contributed by atoms with Crippen LogP contribution in [0.2, 0.25) is 0 Å². The smallest absolute Gasteiger partial charge is 0.319 e. The number of carbonyl (C=O) groups is 1. The lowest BCUT2D eigenvalue weighted by Crippen LogP contribution is -2.36. The molecule has 2 amide bonds. The average molecular weight is 306 g/mol. The monoisotopic (exact) mass is 306 g/mol. The maximum Gasteiger partial charge on any atom is 0.319 e. The topological polar surface area (TPSA) is 41.1 Å². The number of nitrogens with one attached hydrogen (secondary N) is 2. The first kappa shape index (κ1) is 16.2. The summed E-state index contributed by atoms with van der Waals surface area (Å²) in [5, 5.41) is 6.65. The Hall–Kier alpha value is -1.16. The molecule has 1 aromatic carbocycles. The summed E-state index contributed by atoms with van der Waals surface area (Å²) in [6, 6.07) is 6.53. The predicted molar refractivity (Wildman–Crippen MR) is 91.2 cm³/mol. The maximum atomic E-state index is 12.0. The van der Waals surface area contributed by atoms with Crippen molar-refractivity contribution in [2.24, 2.45) is 0 Å². The number of amides is 2. The molecule has 2 rings (SSSR count). The molecule has 1 fully saturated rings. The van der Waals surface area contributed by atoms with Gasteiger partial charge in [-0.15, -0.1) is 11.8 Å². The Kier molecular flexibility index (Phi) is 5.97. The summed E-state index contributed by atoms with van der Waals surface area (Å²) in [4.78, 5) is 13.3. The molecule has 1 aromatic rings. The molecule has 1 saturated carbocycles. The first-order chi connectivity index (χ1) is 10.1. The van der Waals surface area contributed by atoms with Crippen LogP contribution in [0.3, 0.4) is 0 Å². The molecule has 3 nitrogen and oxygen atoms in total. The lowest BCUT2D eigenvalue weighted by Gasteiger charge is -2.15. The Morgan fingerprint density at radius 1 is 1.38 bits per heavy atom. The van der Waals surface area contributed by atoms with Gasteiger partial charge in [0.05, 0.1) is 0 Å². The van der Waals surface area contributed by atoms with E-state index in [2.05, 4.69) is 36.6 Å². The van der Waals surface area contributed by atoms with Gasteiger partial charge < -0.3 is 10.6 Å². The van der Waals surface area contributed by atoms with Gasteiger partial charge in [-0.25, -0.2) is 4.79 Å². The third kappa shape index (κ3) is 4.95. The lowest BCUT2D eigenvalue weighted by molar-refractivity contribution is 0.248. The van der Waals surface area contributed by atoms with Crippen molar-refractivity contribution >= 4 is 23.5 Å². The van der Waals surface area contributed by atoms with Gasteiger partial charge in [0.2, 0.25) is 0 Å². The molecule has 0 heterocycles. The van der Waals surface area contributed by atoms with Gasteiger partial charge in [0.15, 0.2) is 0 Å². The van der Waals surface area contributed by atoms with Crippen LogP contribution in [-0.2, 0) is 0 Å². The molecule has 1 unspecified atom stereocenters. The molecule has 1 aliphatic carbocycles. The van der Waals surface area contributed by atoms with E-state index < -0.39 is 0 Å². The minimum absolute atomic E-state index is 0.0765. The van der Waals surface area contributed by atoms with E-state index >= 15 is 0 Å². The Labute approximate surface area is 132 Å². The number of aryl methyl sites for hydroxylation is 1. The quantitative estimate of drug-likeness (QED) is 0.756. The Balaban J connectivity index is 1.92. The number of anilines is 1.